The number of nitrogens with zero attached hydrogens (tertiary/aromatic N) is 1. The van der Waals surface area contributed by atoms with E-state index in [-0.39, 0.29) is 37.2 Å². The number of hydrogen-bond donors (Lipinski definition) is 0. The van der Waals surface area contributed by atoms with Crippen LogP contribution in [0.3, 0.4) is 0 Å². The molecule has 0 N–H and O–H groups in total. The van der Waals surface area contributed by atoms with Crippen LogP contribution in [0.5, 0.6) is 0 Å². The maximum Gasteiger partial charge on any atom is 0.240 e. The molecule has 0 aromatic heterocycles. The lowest BCUT2D eigenvalue weighted by Crippen LogP contribution is -2.39. The van der Waals surface area contributed by atoms with Crippen molar-refractivity contribution in [3.05, 3.63) is 42.5 Å². The van der Waals surface area contributed by atoms with E-state index in [4.69, 9.17) is 4.74 Å². The Hall–Kier alpha value is -2.20. The number of carbonyl (C=O) groups excluding carboxylic acids is 2. The molecule has 0 saturated carbocycles. The summed E-state index contributed by atoms with van der Waals surface area (Å²) in [6.07, 6.45) is 1.65. The minimum atomic E-state index is -0.465. The van der Waals surface area contributed by atoms with E-state index >= 15 is 0 Å². The van der Waals surface area contributed by atoms with Crippen LogP contribution in [0.2, 0.25) is 0 Å². The van der Waals surface area contributed by atoms with Gasteiger partial charge >= 0.3 is 0 Å². The third kappa shape index (κ3) is 1.77. The molecular formula is C20H21NO3. The van der Waals surface area contributed by atoms with Crippen LogP contribution in [0.4, 0.5) is 5.69 Å². The van der Waals surface area contributed by atoms with Gasteiger partial charge in [-0.1, -0.05) is 37.8 Å². The number of ether oxygens (including phenoxy) is 1. The third-order valence-corrected chi connectivity index (χ3v) is 5.75. The smallest absolute Gasteiger partial charge is 0.240 e. The lowest BCUT2D eigenvalue weighted by Gasteiger charge is -2.26. The van der Waals surface area contributed by atoms with Crippen LogP contribution in [0, 0.1) is 11.8 Å². The standard InChI is InChI=1S/C19H17NO3.CH4/c1-19-9-8-14(23-19)15-16(19)18(22)20(17(15)21)13-7-6-11-4-2-3-5-12(11)10-13;/h2-7,10,14-16H,8-9H2,1H3;1H4/t14?,15-,16?,19?;/m1./s1. The van der Waals surface area contributed by atoms with Crippen LogP contribution in [0.25, 0.3) is 10.8 Å². The van der Waals surface area contributed by atoms with Gasteiger partial charge in [-0.3, -0.25) is 9.59 Å². The van der Waals surface area contributed by atoms with Crippen molar-refractivity contribution < 1.29 is 14.3 Å². The van der Waals surface area contributed by atoms with Crippen LogP contribution < -0.4 is 4.90 Å². The lowest BCUT2D eigenvalue weighted by molar-refractivity contribution is -0.126. The molecule has 3 fully saturated rings. The molecule has 124 valence electrons. The quantitative estimate of drug-likeness (QED) is 0.754. The van der Waals surface area contributed by atoms with Gasteiger partial charge in [-0.2, -0.15) is 0 Å². The maximum absolute atomic E-state index is 13.0. The molecular weight excluding hydrogens is 302 g/mol. The molecule has 2 bridgehead atoms. The Bertz CT molecular complexity index is 861. The molecule has 3 unspecified atom stereocenters. The number of benzene rings is 2. The van der Waals surface area contributed by atoms with Gasteiger partial charge < -0.3 is 4.74 Å². The molecule has 24 heavy (non-hydrogen) atoms. The summed E-state index contributed by atoms with van der Waals surface area (Å²) >= 11 is 0. The predicted octanol–water partition coefficient (Wildman–Crippen LogP) is 3.53. The molecule has 2 aromatic carbocycles. The number of rotatable bonds is 1. The molecule has 2 amide bonds. The van der Waals surface area contributed by atoms with E-state index in [9.17, 15) is 9.59 Å². The average Bonchev–Trinajstić information content (AvgIpc) is 3.16. The van der Waals surface area contributed by atoms with E-state index in [0.717, 1.165) is 23.6 Å². The molecule has 4 nitrogen and oxygen atoms in total. The average molecular weight is 323 g/mol. The Morgan fingerprint density at radius 2 is 1.83 bits per heavy atom. The fourth-order valence-corrected chi connectivity index (χ4v) is 4.65. The molecule has 3 saturated heterocycles. The summed E-state index contributed by atoms with van der Waals surface area (Å²) in [6.45, 7) is 1.98. The number of fused-ring (bicyclic) bond motifs is 6. The minimum Gasteiger partial charge on any atom is -0.370 e. The number of anilines is 1. The molecule has 4 atom stereocenters. The normalized spacial score (nSPS) is 33.9. The molecule has 4 heteroatoms. The van der Waals surface area contributed by atoms with E-state index in [1.54, 1.807) is 0 Å². The SMILES string of the molecule is C.CC12CCC(O1)[C@H]1C(=O)N(c3ccc4ccccc4c3)C(=O)C12. The van der Waals surface area contributed by atoms with Crippen LogP contribution >= 0.6 is 0 Å². The van der Waals surface area contributed by atoms with Crippen LogP contribution in [0.15, 0.2) is 42.5 Å². The Labute approximate surface area is 141 Å². The molecule has 3 aliphatic heterocycles. The van der Waals surface area contributed by atoms with Gasteiger partial charge in [-0.05, 0) is 42.7 Å². The van der Waals surface area contributed by atoms with Crippen LogP contribution in [-0.2, 0) is 14.3 Å². The van der Waals surface area contributed by atoms with Gasteiger partial charge in [0.25, 0.3) is 0 Å². The summed E-state index contributed by atoms with van der Waals surface area (Å²) in [5.74, 6) is -0.809. The summed E-state index contributed by atoms with van der Waals surface area (Å²) < 4.78 is 5.95. The van der Waals surface area contributed by atoms with Crippen LogP contribution in [0.1, 0.15) is 27.2 Å². The predicted molar refractivity (Wildman–Crippen MR) is 92.7 cm³/mol. The second-order valence-corrected chi connectivity index (χ2v) is 7.05. The zero-order chi connectivity index (χ0) is 15.8. The topological polar surface area (TPSA) is 46.6 Å². The third-order valence-electron chi connectivity index (χ3n) is 5.75. The van der Waals surface area contributed by atoms with Crippen LogP contribution in [-0.4, -0.2) is 23.5 Å². The summed E-state index contributed by atoms with van der Waals surface area (Å²) in [6, 6.07) is 13.7. The van der Waals surface area contributed by atoms with E-state index < -0.39 is 5.60 Å². The van der Waals surface area contributed by atoms with Crippen molar-refractivity contribution in [2.45, 2.75) is 38.9 Å². The first kappa shape index (κ1) is 15.3. The summed E-state index contributed by atoms with van der Waals surface area (Å²) in [5, 5.41) is 2.14. The fourth-order valence-electron chi connectivity index (χ4n) is 4.65. The van der Waals surface area contributed by atoms with E-state index in [2.05, 4.69) is 0 Å². The molecule has 3 aliphatic rings. The van der Waals surface area contributed by atoms with Gasteiger partial charge in [-0.25, -0.2) is 4.90 Å². The highest BCUT2D eigenvalue weighted by atomic mass is 16.5. The first-order valence-electron chi connectivity index (χ1n) is 8.13. The van der Waals surface area contributed by atoms with Gasteiger partial charge in [0.1, 0.15) is 0 Å². The van der Waals surface area contributed by atoms with Gasteiger partial charge in [-0.15, -0.1) is 0 Å². The zero-order valence-electron chi connectivity index (χ0n) is 12.9. The highest BCUT2D eigenvalue weighted by Gasteiger charge is 2.67. The van der Waals surface area contributed by atoms with Gasteiger partial charge in [0.2, 0.25) is 11.8 Å². The monoisotopic (exact) mass is 323 g/mol. The molecule has 3 heterocycles. The highest BCUT2D eigenvalue weighted by Crippen LogP contribution is 2.55. The van der Waals surface area contributed by atoms with Gasteiger partial charge in [0, 0.05) is 0 Å². The lowest BCUT2D eigenvalue weighted by atomic mass is 9.74. The van der Waals surface area contributed by atoms with Crippen molar-refractivity contribution in [3.8, 4) is 0 Å². The Kier molecular flexibility index (Phi) is 3.13. The number of carbonyl (C=O) groups is 2. The summed E-state index contributed by atoms with van der Waals surface area (Å²) in [7, 11) is 0. The summed E-state index contributed by atoms with van der Waals surface area (Å²) in [5.41, 5.74) is 0.212. The van der Waals surface area contributed by atoms with Crippen molar-refractivity contribution >= 4 is 28.3 Å². The van der Waals surface area contributed by atoms with E-state index in [1.807, 2.05) is 49.4 Å². The van der Waals surface area contributed by atoms with E-state index in [0.29, 0.717) is 5.69 Å². The van der Waals surface area contributed by atoms with Crippen molar-refractivity contribution in [1.82, 2.24) is 0 Å². The Balaban J connectivity index is 0.00000146. The second-order valence-electron chi connectivity index (χ2n) is 7.05. The first-order chi connectivity index (χ1) is 11.1. The van der Waals surface area contributed by atoms with Crippen molar-refractivity contribution in [2.24, 2.45) is 11.8 Å². The van der Waals surface area contributed by atoms with Crippen molar-refractivity contribution in [3.63, 3.8) is 0 Å². The first-order valence-corrected chi connectivity index (χ1v) is 8.13. The maximum atomic E-state index is 13.0. The largest absolute Gasteiger partial charge is 0.370 e. The Morgan fingerprint density at radius 3 is 2.58 bits per heavy atom. The van der Waals surface area contributed by atoms with Crippen molar-refractivity contribution in [2.75, 3.05) is 4.90 Å². The molecule has 0 radical (unpaired) electrons. The van der Waals surface area contributed by atoms with Crippen molar-refractivity contribution in [1.29, 1.82) is 0 Å². The number of amides is 2. The molecule has 5 rings (SSSR count). The van der Waals surface area contributed by atoms with E-state index in [1.165, 1.54) is 4.90 Å². The second kappa shape index (κ2) is 4.90. The fraction of sp³-hybridized carbons (Fsp3) is 0.400. The van der Waals surface area contributed by atoms with Gasteiger partial charge in [0.05, 0.1) is 29.2 Å². The zero-order valence-corrected chi connectivity index (χ0v) is 12.9. The minimum absolute atomic E-state index is 0. The highest BCUT2D eigenvalue weighted by molar-refractivity contribution is 6.23. The molecule has 2 aromatic rings. The molecule has 0 aliphatic carbocycles. The Morgan fingerprint density at radius 1 is 1.08 bits per heavy atom. The summed E-state index contributed by atoms with van der Waals surface area (Å²) in [4.78, 5) is 27.2. The van der Waals surface area contributed by atoms with Gasteiger partial charge in [0.15, 0.2) is 0 Å². The number of hydrogen-bond acceptors (Lipinski definition) is 3. The number of imide groups is 1. The molecule has 0 spiro atoms.